The van der Waals surface area contributed by atoms with E-state index in [-0.39, 0.29) is 12.1 Å². The number of alkyl carbamates (subject to hydrolysis) is 1. The van der Waals surface area contributed by atoms with Crippen LogP contribution in [0.5, 0.6) is 0 Å². The van der Waals surface area contributed by atoms with E-state index in [9.17, 15) is 4.79 Å². The number of nitrogens with one attached hydrogen (secondary N) is 2. The van der Waals surface area contributed by atoms with Gasteiger partial charge in [0.15, 0.2) is 0 Å². The lowest BCUT2D eigenvalue weighted by Gasteiger charge is -2.22. The summed E-state index contributed by atoms with van der Waals surface area (Å²) in [6, 6.07) is 0.0916. The van der Waals surface area contributed by atoms with Crippen LogP contribution >= 0.6 is 11.8 Å². The van der Waals surface area contributed by atoms with Crippen LogP contribution < -0.4 is 10.6 Å². The molecule has 0 saturated carbocycles. The van der Waals surface area contributed by atoms with E-state index >= 15 is 0 Å². The van der Waals surface area contributed by atoms with Gasteiger partial charge in [0.2, 0.25) is 0 Å². The van der Waals surface area contributed by atoms with Crippen molar-refractivity contribution in [3.8, 4) is 0 Å². The van der Waals surface area contributed by atoms with Gasteiger partial charge in [0.25, 0.3) is 0 Å². The Bertz CT molecular complexity index is 260. The van der Waals surface area contributed by atoms with Gasteiger partial charge in [-0.3, -0.25) is 0 Å². The number of hydrogen-bond acceptors (Lipinski definition) is 4. The molecule has 1 aliphatic rings. The van der Waals surface area contributed by atoms with E-state index in [1.165, 1.54) is 17.9 Å². The molecule has 0 aromatic rings. The van der Waals surface area contributed by atoms with Crippen LogP contribution in [0.25, 0.3) is 0 Å². The van der Waals surface area contributed by atoms with E-state index in [4.69, 9.17) is 4.74 Å². The Morgan fingerprint density at radius 1 is 1.50 bits per heavy atom. The van der Waals surface area contributed by atoms with Gasteiger partial charge in [0.1, 0.15) is 5.60 Å². The zero-order chi connectivity index (χ0) is 13.6. The normalized spacial score (nSPS) is 21.7. The van der Waals surface area contributed by atoms with Crippen LogP contribution in [-0.2, 0) is 4.74 Å². The van der Waals surface area contributed by atoms with Gasteiger partial charge in [-0.2, -0.15) is 11.8 Å². The first-order chi connectivity index (χ1) is 8.37. The molecule has 0 bridgehead atoms. The Labute approximate surface area is 115 Å². The number of hydrogen-bond donors (Lipinski definition) is 2. The molecule has 18 heavy (non-hydrogen) atoms. The highest BCUT2D eigenvalue weighted by molar-refractivity contribution is 7.99. The van der Waals surface area contributed by atoms with Gasteiger partial charge in [-0.1, -0.05) is 0 Å². The molecular weight excluding hydrogens is 248 g/mol. The largest absolute Gasteiger partial charge is 0.444 e. The van der Waals surface area contributed by atoms with Gasteiger partial charge in [0, 0.05) is 12.6 Å². The minimum atomic E-state index is -0.432. The summed E-state index contributed by atoms with van der Waals surface area (Å²) in [4.78, 5) is 11.5. The van der Waals surface area contributed by atoms with Crippen LogP contribution in [0.1, 0.15) is 34.1 Å². The van der Waals surface area contributed by atoms with E-state index in [1.54, 1.807) is 0 Å². The summed E-state index contributed by atoms with van der Waals surface area (Å²) in [5.41, 5.74) is -0.432. The van der Waals surface area contributed by atoms with E-state index < -0.39 is 5.60 Å². The lowest BCUT2D eigenvalue weighted by atomic mass is 10.1. The molecule has 1 saturated heterocycles. The monoisotopic (exact) mass is 274 g/mol. The second kappa shape index (κ2) is 7.24. The molecule has 1 rings (SSSR count). The zero-order valence-corrected chi connectivity index (χ0v) is 12.7. The van der Waals surface area contributed by atoms with Crippen molar-refractivity contribution >= 4 is 17.9 Å². The molecule has 1 aliphatic heterocycles. The van der Waals surface area contributed by atoms with Crippen LogP contribution in [0.3, 0.4) is 0 Å². The first kappa shape index (κ1) is 15.6. The number of amides is 1. The van der Waals surface area contributed by atoms with Crippen molar-refractivity contribution in [1.29, 1.82) is 0 Å². The molecule has 0 spiro atoms. The Hall–Kier alpha value is -0.420. The lowest BCUT2D eigenvalue weighted by molar-refractivity contribution is 0.0508. The predicted molar refractivity (Wildman–Crippen MR) is 77.1 cm³/mol. The number of carbonyl (C=O) groups is 1. The fraction of sp³-hybridized carbons (Fsp3) is 0.923. The topological polar surface area (TPSA) is 50.4 Å². The quantitative estimate of drug-likeness (QED) is 0.807. The fourth-order valence-electron chi connectivity index (χ4n) is 1.81. The van der Waals surface area contributed by atoms with Crippen LogP contribution in [0.15, 0.2) is 0 Å². The minimum Gasteiger partial charge on any atom is -0.444 e. The van der Waals surface area contributed by atoms with Gasteiger partial charge in [0.05, 0.1) is 0 Å². The average molecular weight is 274 g/mol. The number of rotatable bonds is 5. The first-order valence-electron chi connectivity index (χ1n) is 6.65. The first-order valence-corrected chi connectivity index (χ1v) is 7.80. The lowest BCUT2D eigenvalue weighted by Crippen LogP contribution is -2.43. The average Bonchev–Trinajstić information content (AvgIpc) is 2.66. The van der Waals surface area contributed by atoms with Gasteiger partial charge in [-0.25, -0.2) is 4.79 Å². The molecule has 0 aromatic heterocycles. The van der Waals surface area contributed by atoms with Crippen LogP contribution in [0.4, 0.5) is 4.79 Å². The van der Waals surface area contributed by atoms with Gasteiger partial charge >= 0.3 is 6.09 Å². The molecule has 2 unspecified atom stereocenters. The van der Waals surface area contributed by atoms with Crippen molar-refractivity contribution in [2.45, 2.75) is 45.8 Å². The van der Waals surface area contributed by atoms with Gasteiger partial charge in [-0.05, 0) is 58.1 Å². The van der Waals surface area contributed by atoms with Crippen molar-refractivity contribution in [3.05, 3.63) is 0 Å². The van der Waals surface area contributed by atoms with Gasteiger partial charge in [-0.15, -0.1) is 0 Å². The summed E-state index contributed by atoms with van der Waals surface area (Å²) in [5, 5.41) is 6.24. The highest BCUT2D eigenvalue weighted by Gasteiger charge is 2.18. The molecule has 4 nitrogen and oxygen atoms in total. The zero-order valence-electron chi connectivity index (χ0n) is 11.9. The molecular formula is C13H26N2O2S. The summed E-state index contributed by atoms with van der Waals surface area (Å²) in [7, 11) is 0. The molecule has 106 valence electrons. The van der Waals surface area contributed by atoms with Crippen LogP contribution in [0.2, 0.25) is 0 Å². The Balaban J connectivity index is 2.09. The number of ether oxygens (including phenoxy) is 1. The third-order valence-corrected chi connectivity index (χ3v) is 3.90. The molecule has 0 aromatic carbocycles. The molecule has 2 N–H and O–H groups in total. The summed E-state index contributed by atoms with van der Waals surface area (Å²) in [6.45, 7) is 9.43. The number of carbonyl (C=O) groups excluding carboxylic acids is 1. The van der Waals surface area contributed by atoms with Crippen molar-refractivity contribution in [2.24, 2.45) is 5.92 Å². The standard InChI is InChI=1S/C13H26N2O2S/c1-10(15-12(16)17-13(2,3)4)7-14-8-11-5-6-18-9-11/h10-11,14H,5-9H2,1-4H3,(H,15,16). The molecule has 2 atom stereocenters. The summed E-state index contributed by atoms with van der Waals surface area (Å²) in [5.74, 6) is 3.35. The SMILES string of the molecule is CC(CNCC1CCSC1)NC(=O)OC(C)(C)C. The maximum atomic E-state index is 11.5. The van der Waals surface area contributed by atoms with Crippen LogP contribution in [-0.4, -0.2) is 42.3 Å². The van der Waals surface area contributed by atoms with Crippen molar-refractivity contribution < 1.29 is 9.53 Å². The second-order valence-electron chi connectivity index (χ2n) is 5.94. The van der Waals surface area contributed by atoms with Crippen LogP contribution in [0, 0.1) is 5.92 Å². The third-order valence-electron chi connectivity index (χ3n) is 2.67. The van der Waals surface area contributed by atoms with E-state index in [2.05, 4.69) is 10.6 Å². The third kappa shape index (κ3) is 7.11. The van der Waals surface area contributed by atoms with Crippen molar-refractivity contribution in [1.82, 2.24) is 10.6 Å². The summed E-state index contributed by atoms with van der Waals surface area (Å²) < 4.78 is 5.21. The highest BCUT2D eigenvalue weighted by atomic mass is 32.2. The molecule has 0 aliphatic carbocycles. The second-order valence-corrected chi connectivity index (χ2v) is 7.08. The van der Waals surface area contributed by atoms with E-state index in [0.29, 0.717) is 0 Å². The van der Waals surface area contributed by atoms with E-state index in [1.807, 2.05) is 39.5 Å². The maximum Gasteiger partial charge on any atom is 0.407 e. The molecule has 1 fully saturated rings. The highest BCUT2D eigenvalue weighted by Crippen LogP contribution is 2.22. The summed E-state index contributed by atoms with van der Waals surface area (Å²) >= 11 is 2.03. The Kier molecular flexibility index (Phi) is 6.29. The van der Waals surface area contributed by atoms with Crippen molar-refractivity contribution in [2.75, 3.05) is 24.6 Å². The minimum absolute atomic E-state index is 0.0916. The predicted octanol–water partition coefficient (Wildman–Crippen LogP) is 2.24. The Morgan fingerprint density at radius 2 is 2.22 bits per heavy atom. The number of thioether (sulfide) groups is 1. The molecule has 1 amide bonds. The molecule has 0 radical (unpaired) electrons. The smallest absolute Gasteiger partial charge is 0.407 e. The molecule has 5 heteroatoms. The van der Waals surface area contributed by atoms with Crippen molar-refractivity contribution in [3.63, 3.8) is 0 Å². The van der Waals surface area contributed by atoms with E-state index in [0.717, 1.165) is 19.0 Å². The van der Waals surface area contributed by atoms with Gasteiger partial charge < -0.3 is 15.4 Å². The fourth-order valence-corrected chi connectivity index (χ4v) is 3.09. The Morgan fingerprint density at radius 3 is 2.78 bits per heavy atom. The summed E-state index contributed by atoms with van der Waals surface area (Å²) in [6.07, 6.45) is 0.971. The maximum absolute atomic E-state index is 11.5. The molecule has 1 heterocycles.